The monoisotopic (exact) mass is 419 g/mol. The molecular formula is C15H13Br2F2NO. The van der Waals surface area contributed by atoms with E-state index in [2.05, 4.69) is 37.2 Å². The van der Waals surface area contributed by atoms with Gasteiger partial charge in [-0.1, -0.05) is 6.07 Å². The number of hydrogen-bond acceptors (Lipinski definition) is 2. The van der Waals surface area contributed by atoms with E-state index in [9.17, 15) is 8.78 Å². The van der Waals surface area contributed by atoms with Crippen molar-refractivity contribution in [3.63, 3.8) is 0 Å². The van der Waals surface area contributed by atoms with Crippen LogP contribution >= 0.6 is 31.9 Å². The average Bonchev–Trinajstić information content (AvgIpc) is 2.44. The lowest BCUT2D eigenvalue weighted by Crippen LogP contribution is -2.03. The van der Waals surface area contributed by atoms with Gasteiger partial charge in [-0.3, -0.25) is 0 Å². The second kappa shape index (κ2) is 7.22. The van der Waals surface area contributed by atoms with Crippen LogP contribution in [0.25, 0.3) is 0 Å². The molecule has 0 amide bonds. The number of hydrogen-bond donors (Lipinski definition) is 1. The van der Waals surface area contributed by atoms with Crippen molar-refractivity contribution in [3.8, 4) is 5.75 Å². The summed E-state index contributed by atoms with van der Waals surface area (Å²) in [5, 5.41) is 2.88. The predicted octanol–water partition coefficient (Wildman–Crippen LogP) is 5.50. The molecule has 21 heavy (non-hydrogen) atoms. The highest BCUT2D eigenvalue weighted by Crippen LogP contribution is 2.35. The molecule has 112 valence electrons. The molecule has 0 aliphatic rings. The fourth-order valence-electron chi connectivity index (χ4n) is 1.83. The standard InChI is InChI=1S/C15H13Br2F2NO/c1-2-21-15-10(16)6-9(7-11(15)17)8-20-13-5-3-4-12(18)14(13)19/h3-7,20H,2,8H2,1H3. The van der Waals surface area contributed by atoms with Crippen molar-refractivity contribution in [1.82, 2.24) is 0 Å². The molecule has 2 aromatic carbocycles. The average molecular weight is 421 g/mol. The van der Waals surface area contributed by atoms with Crippen molar-refractivity contribution in [1.29, 1.82) is 0 Å². The van der Waals surface area contributed by atoms with E-state index in [0.29, 0.717) is 13.2 Å². The van der Waals surface area contributed by atoms with Crippen LogP contribution in [-0.2, 0) is 6.54 Å². The van der Waals surface area contributed by atoms with Gasteiger partial charge in [0.15, 0.2) is 11.6 Å². The van der Waals surface area contributed by atoms with Gasteiger partial charge in [-0.05, 0) is 68.6 Å². The first-order valence-corrected chi connectivity index (χ1v) is 7.90. The van der Waals surface area contributed by atoms with E-state index in [1.165, 1.54) is 12.1 Å². The summed E-state index contributed by atoms with van der Waals surface area (Å²) in [6.07, 6.45) is 0. The Morgan fingerprint density at radius 1 is 1.14 bits per heavy atom. The van der Waals surface area contributed by atoms with Gasteiger partial charge < -0.3 is 10.1 Å². The summed E-state index contributed by atoms with van der Waals surface area (Å²) in [6.45, 7) is 2.83. The van der Waals surface area contributed by atoms with Crippen LogP contribution in [0.2, 0.25) is 0 Å². The first-order chi connectivity index (χ1) is 10.0. The zero-order valence-corrected chi connectivity index (χ0v) is 14.4. The molecule has 0 aliphatic heterocycles. The number of rotatable bonds is 5. The topological polar surface area (TPSA) is 21.3 Å². The maximum Gasteiger partial charge on any atom is 0.181 e. The molecule has 0 saturated carbocycles. The molecule has 2 rings (SSSR count). The Hall–Kier alpha value is -1.14. The van der Waals surface area contributed by atoms with Crippen molar-refractivity contribution < 1.29 is 13.5 Å². The minimum atomic E-state index is -0.874. The Morgan fingerprint density at radius 3 is 2.43 bits per heavy atom. The maximum atomic E-state index is 13.6. The van der Waals surface area contributed by atoms with Crippen LogP contribution in [0.3, 0.4) is 0 Å². The lowest BCUT2D eigenvalue weighted by atomic mass is 10.2. The summed E-state index contributed by atoms with van der Waals surface area (Å²) in [6, 6.07) is 7.80. The number of halogens is 4. The Kier molecular flexibility index (Phi) is 5.58. The Balaban J connectivity index is 2.15. The summed E-state index contributed by atoms with van der Waals surface area (Å²) in [7, 11) is 0. The van der Waals surface area contributed by atoms with Crippen LogP contribution < -0.4 is 10.1 Å². The molecular weight excluding hydrogens is 408 g/mol. The Morgan fingerprint density at radius 2 is 1.81 bits per heavy atom. The van der Waals surface area contributed by atoms with E-state index in [1.807, 2.05) is 19.1 Å². The van der Waals surface area contributed by atoms with Gasteiger partial charge in [-0.15, -0.1) is 0 Å². The summed E-state index contributed by atoms with van der Waals surface area (Å²) < 4.78 is 33.8. The third-order valence-corrected chi connectivity index (χ3v) is 3.96. The number of ether oxygens (including phenoxy) is 1. The zero-order chi connectivity index (χ0) is 15.4. The Bertz CT molecular complexity index is 627. The smallest absolute Gasteiger partial charge is 0.181 e. The molecule has 0 radical (unpaired) electrons. The lowest BCUT2D eigenvalue weighted by molar-refractivity contribution is 0.336. The molecule has 0 spiro atoms. The van der Waals surface area contributed by atoms with Gasteiger partial charge >= 0.3 is 0 Å². The molecule has 0 aromatic heterocycles. The maximum absolute atomic E-state index is 13.6. The van der Waals surface area contributed by atoms with Crippen LogP contribution in [0.15, 0.2) is 39.3 Å². The molecule has 0 bridgehead atoms. The summed E-state index contributed by atoms with van der Waals surface area (Å²) in [4.78, 5) is 0. The molecule has 0 heterocycles. The first-order valence-electron chi connectivity index (χ1n) is 6.31. The number of benzene rings is 2. The summed E-state index contributed by atoms with van der Waals surface area (Å²) >= 11 is 6.87. The van der Waals surface area contributed by atoms with Crippen LogP contribution in [0, 0.1) is 11.6 Å². The van der Waals surface area contributed by atoms with Crippen molar-refractivity contribution in [2.24, 2.45) is 0 Å². The Labute approximate surface area is 138 Å². The van der Waals surface area contributed by atoms with E-state index in [4.69, 9.17) is 4.74 Å². The highest BCUT2D eigenvalue weighted by Gasteiger charge is 2.10. The van der Waals surface area contributed by atoms with Gasteiger partial charge in [-0.2, -0.15) is 0 Å². The van der Waals surface area contributed by atoms with Crippen molar-refractivity contribution in [3.05, 3.63) is 56.5 Å². The van der Waals surface area contributed by atoms with E-state index in [1.54, 1.807) is 0 Å². The van der Waals surface area contributed by atoms with E-state index in [0.717, 1.165) is 26.3 Å². The van der Waals surface area contributed by atoms with Crippen LogP contribution in [0.1, 0.15) is 12.5 Å². The highest BCUT2D eigenvalue weighted by molar-refractivity contribution is 9.11. The van der Waals surface area contributed by atoms with Gasteiger partial charge in [0.25, 0.3) is 0 Å². The number of nitrogens with one attached hydrogen (secondary N) is 1. The van der Waals surface area contributed by atoms with Gasteiger partial charge in [-0.25, -0.2) is 8.78 Å². The minimum absolute atomic E-state index is 0.135. The van der Waals surface area contributed by atoms with Gasteiger partial charge in [0.05, 0.1) is 21.2 Å². The molecule has 6 heteroatoms. The quantitative estimate of drug-likeness (QED) is 0.689. The van der Waals surface area contributed by atoms with Crippen LogP contribution in [0.5, 0.6) is 5.75 Å². The molecule has 0 atom stereocenters. The third kappa shape index (κ3) is 3.95. The van der Waals surface area contributed by atoms with Gasteiger partial charge in [0.1, 0.15) is 5.75 Å². The molecule has 0 unspecified atom stereocenters. The summed E-state index contributed by atoms with van der Waals surface area (Å²) in [5.74, 6) is -1.02. The van der Waals surface area contributed by atoms with Gasteiger partial charge in [0, 0.05) is 6.54 Å². The predicted molar refractivity (Wildman–Crippen MR) is 86.7 cm³/mol. The largest absolute Gasteiger partial charge is 0.492 e. The molecule has 2 nitrogen and oxygen atoms in total. The second-order valence-corrected chi connectivity index (χ2v) is 5.99. The van der Waals surface area contributed by atoms with Crippen molar-refractivity contribution in [2.75, 3.05) is 11.9 Å². The molecule has 1 N–H and O–H groups in total. The SMILES string of the molecule is CCOc1c(Br)cc(CNc2cccc(F)c2F)cc1Br. The van der Waals surface area contributed by atoms with E-state index in [-0.39, 0.29) is 5.69 Å². The van der Waals surface area contributed by atoms with Crippen molar-refractivity contribution >= 4 is 37.5 Å². The van der Waals surface area contributed by atoms with Gasteiger partial charge in [0.2, 0.25) is 0 Å². The third-order valence-electron chi connectivity index (χ3n) is 2.78. The van der Waals surface area contributed by atoms with Crippen LogP contribution in [0.4, 0.5) is 14.5 Å². The fraction of sp³-hybridized carbons (Fsp3) is 0.200. The molecule has 0 saturated heterocycles. The van der Waals surface area contributed by atoms with E-state index < -0.39 is 11.6 Å². The molecule has 0 aliphatic carbocycles. The molecule has 2 aromatic rings. The fourth-order valence-corrected chi connectivity index (χ4v) is 3.34. The van der Waals surface area contributed by atoms with E-state index >= 15 is 0 Å². The van der Waals surface area contributed by atoms with Crippen LogP contribution in [-0.4, -0.2) is 6.61 Å². The minimum Gasteiger partial charge on any atom is -0.492 e. The highest BCUT2D eigenvalue weighted by atomic mass is 79.9. The second-order valence-electron chi connectivity index (χ2n) is 4.28. The number of anilines is 1. The zero-order valence-electron chi connectivity index (χ0n) is 11.2. The normalized spacial score (nSPS) is 10.5. The summed E-state index contributed by atoms with van der Waals surface area (Å²) in [5.41, 5.74) is 1.04. The lowest BCUT2D eigenvalue weighted by Gasteiger charge is -2.12. The van der Waals surface area contributed by atoms with Crippen molar-refractivity contribution in [2.45, 2.75) is 13.5 Å². The molecule has 0 fully saturated rings. The first kappa shape index (κ1) is 16.2.